The number of rotatable bonds is 7. The molecule has 0 aliphatic rings. The van der Waals surface area contributed by atoms with Crippen LogP contribution in [0.5, 0.6) is 5.75 Å². The Morgan fingerprint density at radius 2 is 1.96 bits per heavy atom. The van der Waals surface area contributed by atoms with Crippen molar-refractivity contribution in [2.45, 2.75) is 32.7 Å². The fraction of sp³-hybridized carbons (Fsp3) is 0.316. The molecule has 0 heterocycles. The van der Waals surface area contributed by atoms with E-state index < -0.39 is 0 Å². The number of halogens is 2. The predicted molar refractivity (Wildman–Crippen MR) is 99.1 cm³/mol. The zero-order valence-electron chi connectivity index (χ0n) is 13.8. The van der Waals surface area contributed by atoms with Gasteiger partial charge in [-0.2, -0.15) is 0 Å². The molecule has 0 unspecified atom stereocenters. The number of benzene rings is 2. The Morgan fingerprint density at radius 3 is 2.67 bits per heavy atom. The fourth-order valence-corrected chi connectivity index (χ4v) is 2.80. The fourth-order valence-electron chi connectivity index (χ4n) is 2.29. The monoisotopic (exact) mass is 365 g/mol. The van der Waals surface area contributed by atoms with Crippen LogP contribution in [0.15, 0.2) is 42.5 Å². The average Bonchev–Trinajstić information content (AvgIpc) is 2.53. The molecule has 0 aliphatic heterocycles. The molecule has 3 nitrogen and oxygen atoms in total. The molecular weight excluding hydrogens is 345 g/mol. The molecule has 5 heteroatoms. The van der Waals surface area contributed by atoms with Crippen molar-refractivity contribution in [3.8, 4) is 5.75 Å². The molecule has 0 saturated heterocycles. The van der Waals surface area contributed by atoms with Crippen LogP contribution in [0, 0.1) is 6.92 Å². The summed E-state index contributed by atoms with van der Waals surface area (Å²) in [5.41, 5.74) is 1.99. The first-order valence-corrected chi connectivity index (χ1v) is 8.63. The van der Waals surface area contributed by atoms with E-state index in [0.717, 1.165) is 16.9 Å². The van der Waals surface area contributed by atoms with Crippen molar-refractivity contribution in [1.82, 2.24) is 5.32 Å². The largest absolute Gasteiger partial charge is 0.491 e. The minimum atomic E-state index is -0.0715. The van der Waals surface area contributed by atoms with Crippen molar-refractivity contribution < 1.29 is 9.53 Å². The number of carbonyl (C=O) groups excluding carboxylic acids is 1. The first kappa shape index (κ1) is 18.6. The number of para-hydroxylation sites is 1. The second kappa shape index (κ2) is 8.95. The number of hydrogen-bond acceptors (Lipinski definition) is 2. The van der Waals surface area contributed by atoms with Gasteiger partial charge in [0.25, 0.3) is 0 Å². The van der Waals surface area contributed by atoms with Crippen molar-refractivity contribution in [3.05, 3.63) is 63.6 Å². The third-order valence-electron chi connectivity index (χ3n) is 3.63. The van der Waals surface area contributed by atoms with Crippen molar-refractivity contribution in [1.29, 1.82) is 0 Å². The van der Waals surface area contributed by atoms with Gasteiger partial charge >= 0.3 is 0 Å². The van der Waals surface area contributed by atoms with Crippen LogP contribution in [0.4, 0.5) is 0 Å². The van der Waals surface area contributed by atoms with Gasteiger partial charge in [-0.1, -0.05) is 47.5 Å². The quantitative estimate of drug-likeness (QED) is 0.763. The Balaban J connectivity index is 1.76. The maximum atomic E-state index is 12.0. The van der Waals surface area contributed by atoms with E-state index >= 15 is 0 Å². The third-order valence-corrected chi connectivity index (χ3v) is 4.21. The van der Waals surface area contributed by atoms with E-state index in [1.807, 2.05) is 44.2 Å². The molecule has 2 aromatic carbocycles. The van der Waals surface area contributed by atoms with Crippen LogP contribution in [0.3, 0.4) is 0 Å². The van der Waals surface area contributed by atoms with Gasteiger partial charge in [-0.05, 0) is 49.6 Å². The standard InChI is InChI=1S/C19H21Cl2NO2/c1-13-5-3-4-6-18(13)24-12-14(2)22-19(23)10-8-15-7-9-16(20)11-17(15)21/h3-7,9,11,14H,8,10,12H2,1-2H3,(H,22,23)/t14-/m1/s1. The Labute approximate surface area is 152 Å². The SMILES string of the molecule is Cc1ccccc1OC[C@@H](C)NC(=O)CCc1ccc(Cl)cc1Cl. The Morgan fingerprint density at radius 1 is 1.21 bits per heavy atom. The first-order valence-electron chi connectivity index (χ1n) is 7.87. The summed E-state index contributed by atoms with van der Waals surface area (Å²) in [5.74, 6) is 0.813. The normalized spacial score (nSPS) is 11.8. The van der Waals surface area contributed by atoms with E-state index in [-0.39, 0.29) is 11.9 Å². The highest BCUT2D eigenvalue weighted by Gasteiger charge is 2.10. The van der Waals surface area contributed by atoms with Gasteiger partial charge < -0.3 is 10.1 Å². The van der Waals surface area contributed by atoms with Gasteiger partial charge in [0.1, 0.15) is 12.4 Å². The topological polar surface area (TPSA) is 38.3 Å². The second-order valence-corrected chi connectivity index (χ2v) is 6.62. The summed E-state index contributed by atoms with van der Waals surface area (Å²) in [6.07, 6.45) is 0.948. The van der Waals surface area contributed by atoms with Gasteiger partial charge in [0.2, 0.25) is 5.91 Å². The summed E-state index contributed by atoms with van der Waals surface area (Å²) < 4.78 is 5.74. The smallest absolute Gasteiger partial charge is 0.220 e. The molecule has 0 saturated carbocycles. The van der Waals surface area contributed by atoms with Crippen LogP contribution in [-0.4, -0.2) is 18.6 Å². The van der Waals surface area contributed by atoms with Crippen molar-refractivity contribution >= 4 is 29.1 Å². The van der Waals surface area contributed by atoms with Gasteiger partial charge in [-0.3, -0.25) is 4.79 Å². The summed E-state index contributed by atoms with van der Waals surface area (Å²) in [4.78, 5) is 12.0. The molecule has 2 aromatic rings. The molecule has 0 spiro atoms. The number of carbonyl (C=O) groups is 1. The van der Waals surface area contributed by atoms with Crippen LogP contribution < -0.4 is 10.1 Å². The first-order chi connectivity index (χ1) is 11.5. The van der Waals surface area contributed by atoms with E-state index in [9.17, 15) is 4.79 Å². The molecule has 1 amide bonds. The van der Waals surface area contributed by atoms with Crippen molar-refractivity contribution in [2.24, 2.45) is 0 Å². The van der Waals surface area contributed by atoms with Crippen LogP contribution in [-0.2, 0) is 11.2 Å². The molecule has 0 aromatic heterocycles. The highest BCUT2D eigenvalue weighted by Crippen LogP contribution is 2.22. The van der Waals surface area contributed by atoms with Crippen LogP contribution in [0.25, 0.3) is 0 Å². The van der Waals surface area contributed by atoms with E-state index in [1.165, 1.54) is 0 Å². The number of hydrogen-bond donors (Lipinski definition) is 1. The van der Waals surface area contributed by atoms with E-state index in [1.54, 1.807) is 12.1 Å². The predicted octanol–water partition coefficient (Wildman–Crippen LogP) is 4.82. The van der Waals surface area contributed by atoms with Crippen molar-refractivity contribution in [3.63, 3.8) is 0 Å². The molecule has 0 bridgehead atoms. The van der Waals surface area contributed by atoms with Crippen molar-refractivity contribution in [2.75, 3.05) is 6.61 Å². The minimum Gasteiger partial charge on any atom is -0.491 e. The number of nitrogens with one attached hydrogen (secondary N) is 1. The molecule has 24 heavy (non-hydrogen) atoms. The highest BCUT2D eigenvalue weighted by molar-refractivity contribution is 6.35. The van der Waals surface area contributed by atoms with Gasteiger partial charge in [0.15, 0.2) is 0 Å². The van der Waals surface area contributed by atoms with E-state index in [2.05, 4.69) is 5.32 Å². The number of ether oxygens (including phenoxy) is 1. The molecule has 0 aliphatic carbocycles. The molecule has 2 rings (SSSR count). The van der Waals surface area contributed by atoms with Crippen LogP contribution in [0.2, 0.25) is 10.0 Å². The van der Waals surface area contributed by atoms with E-state index in [0.29, 0.717) is 29.5 Å². The number of amides is 1. The lowest BCUT2D eigenvalue weighted by molar-refractivity contribution is -0.121. The summed E-state index contributed by atoms with van der Waals surface area (Å²) in [6.45, 7) is 4.35. The summed E-state index contributed by atoms with van der Waals surface area (Å²) >= 11 is 12.0. The zero-order valence-corrected chi connectivity index (χ0v) is 15.3. The van der Waals surface area contributed by atoms with E-state index in [4.69, 9.17) is 27.9 Å². The molecular formula is C19H21Cl2NO2. The summed E-state index contributed by atoms with van der Waals surface area (Å²) in [7, 11) is 0. The molecule has 0 fully saturated rings. The lowest BCUT2D eigenvalue weighted by atomic mass is 10.1. The molecule has 1 N–H and O–H groups in total. The Kier molecular flexibility index (Phi) is 6.95. The van der Waals surface area contributed by atoms with Gasteiger partial charge in [0, 0.05) is 16.5 Å². The minimum absolute atomic E-state index is 0.0260. The maximum Gasteiger partial charge on any atom is 0.220 e. The lowest BCUT2D eigenvalue weighted by Gasteiger charge is -2.16. The Bertz CT molecular complexity index is 704. The Hall–Kier alpha value is -1.71. The zero-order chi connectivity index (χ0) is 17.5. The molecule has 0 radical (unpaired) electrons. The third kappa shape index (κ3) is 5.73. The molecule has 128 valence electrons. The average molecular weight is 366 g/mol. The van der Waals surface area contributed by atoms with Gasteiger partial charge in [-0.15, -0.1) is 0 Å². The number of aryl methyl sites for hydroxylation is 2. The lowest BCUT2D eigenvalue weighted by Crippen LogP contribution is -2.36. The van der Waals surface area contributed by atoms with Gasteiger partial charge in [0.05, 0.1) is 6.04 Å². The second-order valence-electron chi connectivity index (χ2n) is 5.78. The maximum absolute atomic E-state index is 12.0. The molecule has 1 atom stereocenters. The summed E-state index contributed by atoms with van der Waals surface area (Å²) in [6, 6.07) is 13.1. The van der Waals surface area contributed by atoms with Crippen LogP contribution >= 0.6 is 23.2 Å². The summed E-state index contributed by atoms with van der Waals surface area (Å²) in [5, 5.41) is 4.12. The van der Waals surface area contributed by atoms with Crippen LogP contribution in [0.1, 0.15) is 24.5 Å². The highest BCUT2D eigenvalue weighted by atomic mass is 35.5. The van der Waals surface area contributed by atoms with Gasteiger partial charge in [-0.25, -0.2) is 0 Å².